The van der Waals surface area contributed by atoms with E-state index in [-0.39, 0.29) is 18.1 Å². The molecule has 1 saturated carbocycles. The van der Waals surface area contributed by atoms with E-state index in [0.717, 1.165) is 30.4 Å². The minimum absolute atomic E-state index is 0.141. The number of cyclic esters (lactones) is 1. The topological polar surface area (TPSA) is 58.6 Å². The molecule has 0 radical (unpaired) electrons. The second kappa shape index (κ2) is 7.06. The van der Waals surface area contributed by atoms with Crippen molar-refractivity contribution >= 4 is 12.1 Å². The summed E-state index contributed by atoms with van der Waals surface area (Å²) in [6.45, 7) is 8.12. The second-order valence-electron chi connectivity index (χ2n) is 7.58. The number of imide groups is 1. The first-order valence-corrected chi connectivity index (χ1v) is 9.26. The van der Waals surface area contributed by atoms with Crippen molar-refractivity contribution in [2.45, 2.75) is 71.6 Å². The van der Waals surface area contributed by atoms with E-state index in [0.29, 0.717) is 5.92 Å². The van der Waals surface area contributed by atoms with Crippen molar-refractivity contribution in [1.82, 2.24) is 10.2 Å². The number of hydrogen-bond acceptors (Lipinski definition) is 3. The van der Waals surface area contributed by atoms with Crippen LogP contribution in [-0.2, 0) is 4.74 Å². The average Bonchev–Trinajstić information content (AvgIpc) is 2.87. The molecule has 2 aliphatic rings. The van der Waals surface area contributed by atoms with E-state index >= 15 is 0 Å². The maximum Gasteiger partial charge on any atom is 0.419 e. The number of nitrogens with one attached hydrogen (secondary N) is 1. The normalized spacial score (nSPS) is 29.4. The van der Waals surface area contributed by atoms with Crippen molar-refractivity contribution in [2.24, 2.45) is 5.92 Å². The van der Waals surface area contributed by atoms with Crippen LogP contribution in [0, 0.1) is 19.8 Å². The van der Waals surface area contributed by atoms with Crippen molar-refractivity contribution in [3.63, 3.8) is 0 Å². The minimum atomic E-state index is -0.559. The fourth-order valence-electron chi connectivity index (χ4n) is 3.88. The molecule has 1 aromatic carbocycles. The van der Waals surface area contributed by atoms with Crippen molar-refractivity contribution in [3.8, 4) is 0 Å². The smallest absolute Gasteiger partial charge is 0.419 e. The summed E-state index contributed by atoms with van der Waals surface area (Å²) in [5.41, 5.74) is 3.28. The monoisotopic (exact) mass is 344 g/mol. The predicted molar refractivity (Wildman–Crippen MR) is 96.4 cm³/mol. The summed E-state index contributed by atoms with van der Waals surface area (Å²) in [6.07, 6.45) is 3.46. The number of rotatable bonds is 2. The summed E-state index contributed by atoms with van der Waals surface area (Å²) in [5, 5.41) is 3.05. The molecule has 1 N–H and O–H groups in total. The molecule has 5 heteroatoms. The molecule has 136 valence electrons. The van der Waals surface area contributed by atoms with E-state index < -0.39 is 12.2 Å². The summed E-state index contributed by atoms with van der Waals surface area (Å²) < 4.78 is 5.53. The number of nitrogens with zero attached hydrogens (tertiary/aromatic N) is 1. The molecule has 25 heavy (non-hydrogen) atoms. The number of carbonyl (C=O) groups excluding carboxylic acids is 2. The Kier molecular flexibility index (Phi) is 5.02. The van der Waals surface area contributed by atoms with Gasteiger partial charge in [0.05, 0.1) is 6.04 Å². The molecule has 2 unspecified atom stereocenters. The quantitative estimate of drug-likeness (QED) is 0.861. The maximum atomic E-state index is 12.7. The van der Waals surface area contributed by atoms with Crippen molar-refractivity contribution in [2.75, 3.05) is 0 Å². The number of benzene rings is 1. The van der Waals surface area contributed by atoms with Crippen LogP contribution in [0.5, 0.6) is 0 Å². The van der Waals surface area contributed by atoms with Gasteiger partial charge in [0.15, 0.2) is 0 Å². The van der Waals surface area contributed by atoms with Crippen LogP contribution in [0.25, 0.3) is 0 Å². The SMILES string of the molecule is Cc1ccc([C@@H]2OC(=O)N(C(=O)NC3CCCCC3C)[C@H]2C)cc1C. The summed E-state index contributed by atoms with van der Waals surface area (Å²) >= 11 is 0. The third kappa shape index (κ3) is 3.51. The van der Waals surface area contributed by atoms with Gasteiger partial charge in [-0.05, 0) is 56.2 Å². The second-order valence-corrected chi connectivity index (χ2v) is 7.58. The van der Waals surface area contributed by atoms with Gasteiger partial charge in [0.1, 0.15) is 6.10 Å². The molecule has 2 fully saturated rings. The molecule has 0 spiro atoms. The van der Waals surface area contributed by atoms with Crippen LogP contribution in [0.1, 0.15) is 62.3 Å². The first-order valence-electron chi connectivity index (χ1n) is 9.26. The molecule has 1 aliphatic carbocycles. The zero-order valence-electron chi connectivity index (χ0n) is 15.5. The molecular formula is C20H28N2O3. The van der Waals surface area contributed by atoms with Crippen LogP contribution in [0.4, 0.5) is 9.59 Å². The third-order valence-electron chi connectivity index (χ3n) is 5.77. The van der Waals surface area contributed by atoms with Gasteiger partial charge in [0.25, 0.3) is 0 Å². The Labute approximate surface area is 149 Å². The molecule has 1 saturated heterocycles. The summed E-state index contributed by atoms with van der Waals surface area (Å²) in [6, 6.07) is 5.52. The van der Waals surface area contributed by atoms with E-state index in [1.54, 1.807) is 0 Å². The van der Waals surface area contributed by atoms with Gasteiger partial charge < -0.3 is 10.1 Å². The van der Waals surface area contributed by atoms with Crippen molar-refractivity contribution in [3.05, 3.63) is 34.9 Å². The van der Waals surface area contributed by atoms with Gasteiger partial charge in [-0.25, -0.2) is 14.5 Å². The fraction of sp³-hybridized carbons (Fsp3) is 0.600. The highest BCUT2D eigenvalue weighted by molar-refractivity contribution is 5.93. The molecule has 4 atom stereocenters. The number of hydrogen-bond donors (Lipinski definition) is 1. The van der Waals surface area contributed by atoms with Gasteiger partial charge in [-0.3, -0.25) is 0 Å². The summed E-state index contributed by atoms with van der Waals surface area (Å²) in [7, 11) is 0. The first kappa shape index (κ1) is 17.8. The minimum Gasteiger partial charge on any atom is -0.439 e. The largest absolute Gasteiger partial charge is 0.439 e. The number of ether oxygens (including phenoxy) is 1. The van der Waals surface area contributed by atoms with Crippen LogP contribution < -0.4 is 5.32 Å². The number of urea groups is 1. The lowest BCUT2D eigenvalue weighted by Gasteiger charge is -2.31. The highest BCUT2D eigenvalue weighted by Gasteiger charge is 2.44. The molecular weight excluding hydrogens is 316 g/mol. The van der Waals surface area contributed by atoms with E-state index in [1.807, 2.05) is 39.0 Å². The van der Waals surface area contributed by atoms with Gasteiger partial charge in [0.2, 0.25) is 0 Å². The average molecular weight is 344 g/mol. The van der Waals surface area contributed by atoms with Gasteiger partial charge in [-0.15, -0.1) is 0 Å². The highest BCUT2D eigenvalue weighted by atomic mass is 16.6. The molecule has 3 amide bonds. The maximum absolute atomic E-state index is 12.7. The zero-order valence-corrected chi connectivity index (χ0v) is 15.5. The van der Waals surface area contributed by atoms with Gasteiger partial charge >= 0.3 is 12.1 Å². The Morgan fingerprint density at radius 3 is 2.56 bits per heavy atom. The number of carbonyl (C=O) groups is 2. The van der Waals surface area contributed by atoms with Crippen molar-refractivity contribution in [1.29, 1.82) is 0 Å². The first-order chi connectivity index (χ1) is 11.9. The van der Waals surface area contributed by atoms with Crippen LogP contribution in [0.15, 0.2) is 18.2 Å². The van der Waals surface area contributed by atoms with Gasteiger partial charge in [-0.2, -0.15) is 0 Å². The Hall–Kier alpha value is -2.04. The van der Waals surface area contributed by atoms with Gasteiger partial charge in [0, 0.05) is 6.04 Å². The summed E-state index contributed by atoms with van der Waals surface area (Å²) in [5.74, 6) is 0.446. The lowest BCUT2D eigenvalue weighted by molar-refractivity contribution is 0.131. The predicted octanol–water partition coefficient (Wildman–Crippen LogP) is 4.47. The van der Waals surface area contributed by atoms with E-state index in [4.69, 9.17) is 4.74 Å². The molecule has 3 rings (SSSR count). The van der Waals surface area contributed by atoms with Crippen molar-refractivity contribution < 1.29 is 14.3 Å². The molecule has 1 aromatic rings. The van der Waals surface area contributed by atoms with E-state index in [2.05, 4.69) is 12.2 Å². The lowest BCUT2D eigenvalue weighted by Crippen LogP contribution is -2.50. The highest BCUT2D eigenvalue weighted by Crippen LogP contribution is 2.33. The Balaban J connectivity index is 1.73. The molecule has 1 aliphatic heterocycles. The van der Waals surface area contributed by atoms with Gasteiger partial charge in [-0.1, -0.05) is 38.0 Å². The van der Waals surface area contributed by atoms with E-state index in [1.165, 1.54) is 16.9 Å². The molecule has 0 bridgehead atoms. The Morgan fingerprint density at radius 2 is 1.88 bits per heavy atom. The van der Waals surface area contributed by atoms with Crippen LogP contribution >= 0.6 is 0 Å². The summed E-state index contributed by atoms with van der Waals surface area (Å²) in [4.78, 5) is 26.3. The number of aryl methyl sites for hydroxylation is 2. The Morgan fingerprint density at radius 1 is 1.16 bits per heavy atom. The van der Waals surface area contributed by atoms with Crippen LogP contribution in [-0.4, -0.2) is 29.1 Å². The standard InChI is InChI=1S/C20H28N2O3/c1-12-9-10-16(11-14(12)3)18-15(4)22(20(24)25-18)19(23)21-17-8-6-5-7-13(17)2/h9-11,13,15,17-18H,5-8H2,1-4H3,(H,21,23)/t13?,15-,17?,18+/m0/s1. The fourth-order valence-corrected chi connectivity index (χ4v) is 3.88. The Bertz CT molecular complexity index is 673. The zero-order chi connectivity index (χ0) is 18.1. The van der Waals surface area contributed by atoms with Crippen LogP contribution in [0.3, 0.4) is 0 Å². The molecule has 0 aromatic heterocycles. The van der Waals surface area contributed by atoms with E-state index in [9.17, 15) is 9.59 Å². The third-order valence-corrected chi connectivity index (χ3v) is 5.77. The number of amides is 3. The van der Waals surface area contributed by atoms with Crippen LogP contribution in [0.2, 0.25) is 0 Å². The lowest BCUT2D eigenvalue weighted by atomic mass is 9.86. The molecule has 1 heterocycles. The molecule has 5 nitrogen and oxygen atoms in total.